The normalized spacial score (nSPS) is 17.1. The van der Waals surface area contributed by atoms with Gasteiger partial charge in [0, 0.05) is 17.9 Å². The van der Waals surface area contributed by atoms with Crippen LogP contribution in [0.1, 0.15) is 11.6 Å². The molecule has 0 spiro atoms. The minimum absolute atomic E-state index is 0.337. The summed E-state index contributed by atoms with van der Waals surface area (Å²) >= 11 is 3.36. The van der Waals surface area contributed by atoms with Crippen LogP contribution in [0.15, 0.2) is 26.2 Å². The van der Waals surface area contributed by atoms with E-state index in [9.17, 15) is 14.4 Å². The van der Waals surface area contributed by atoms with Crippen molar-refractivity contribution in [2.45, 2.75) is 12.5 Å². The van der Waals surface area contributed by atoms with Crippen LogP contribution in [-0.2, 0) is 18.3 Å². The second kappa shape index (κ2) is 3.80. The van der Waals surface area contributed by atoms with Crippen LogP contribution in [0.3, 0.4) is 0 Å². The fourth-order valence-corrected chi connectivity index (χ4v) is 3.10. The fourth-order valence-electron chi connectivity index (χ4n) is 2.61. The largest absolute Gasteiger partial charge is 0.368 e. The van der Waals surface area contributed by atoms with Gasteiger partial charge < -0.3 is 10.3 Å². The van der Waals surface area contributed by atoms with Gasteiger partial charge in [-0.15, -0.1) is 0 Å². The maximum Gasteiger partial charge on any atom is 0.317 e. The predicted molar refractivity (Wildman–Crippen MR) is 73.1 cm³/mol. The Bertz CT molecular complexity index is 850. The molecule has 1 aromatic heterocycles. The second-order valence-corrected chi connectivity index (χ2v) is 5.51. The Morgan fingerprint density at radius 2 is 2.05 bits per heavy atom. The van der Waals surface area contributed by atoms with Crippen molar-refractivity contribution in [3.05, 3.63) is 42.9 Å². The van der Waals surface area contributed by atoms with Gasteiger partial charge in [0.2, 0.25) is 5.91 Å². The zero-order valence-electron chi connectivity index (χ0n) is 10.0. The minimum Gasteiger partial charge on any atom is -0.368 e. The second-order valence-electron chi connectivity index (χ2n) is 4.59. The van der Waals surface area contributed by atoms with Gasteiger partial charge in [-0.25, -0.2) is 0 Å². The van der Waals surface area contributed by atoms with Crippen molar-refractivity contribution in [3.63, 3.8) is 0 Å². The Kier molecular flexibility index (Phi) is 2.43. The molecule has 2 heterocycles. The standard InChI is InChI=1S/C12H10BrN3O3/c1-15-7-4-6(13)2-5-3-8(10(14)17)16(9(5)7)12(19)11(15)18/h2,4,8H,3H2,1H3,(H2,14,17). The van der Waals surface area contributed by atoms with E-state index in [0.29, 0.717) is 17.5 Å². The molecule has 1 amide bonds. The summed E-state index contributed by atoms with van der Waals surface area (Å²) in [6.45, 7) is 0. The van der Waals surface area contributed by atoms with Gasteiger partial charge in [0.15, 0.2) is 0 Å². The van der Waals surface area contributed by atoms with Gasteiger partial charge in [0.25, 0.3) is 0 Å². The molecule has 2 N–H and O–H groups in total. The maximum absolute atomic E-state index is 12.1. The first-order chi connectivity index (χ1) is 8.91. The van der Waals surface area contributed by atoms with E-state index < -0.39 is 23.1 Å². The fraction of sp³-hybridized carbons (Fsp3) is 0.250. The zero-order valence-corrected chi connectivity index (χ0v) is 11.6. The topological polar surface area (TPSA) is 87.1 Å². The van der Waals surface area contributed by atoms with Gasteiger partial charge in [-0.05, 0) is 17.7 Å². The summed E-state index contributed by atoms with van der Waals surface area (Å²) in [5.41, 5.74) is 6.01. The van der Waals surface area contributed by atoms with Crippen LogP contribution in [0.25, 0.3) is 11.0 Å². The first kappa shape index (κ1) is 12.2. The summed E-state index contributed by atoms with van der Waals surface area (Å²) in [6.07, 6.45) is 0.337. The molecular formula is C12H10BrN3O3. The number of benzene rings is 1. The van der Waals surface area contributed by atoms with E-state index in [1.807, 2.05) is 6.07 Å². The highest BCUT2D eigenvalue weighted by atomic mass is 79.9. The average molecular weight is 324 g/mol. The summed E-state index contributed by atoms with van der Waals surface area (Å²) in [5, 5.41) is 0. The minimum atomic E-state index is -0.784. The molecule has 0 aliphatic carbocycles. The summed E-state index contributed by atoms with van der Waals surface area (Å²) in [4.78, 5) is 35.5. The van der Waals surface area contributed by atoms with Crippen molar-refractivity contribution >= 4 is 32.9 Å². The average Bonchev–Trinajstić information content (AvgIpc) is 2.73. The van der Waals surface area contributed by atoms with Gasteiger partial charge in [-0.1, -0.05) is 15.9 Å². The number of hydrogen-bond donors (Lipinski definition) is 1. The zero-order chi connectivity index (χ0) is 13.9. The van der Waals surface area contributed by atoms with Gasteiger partial charge in [-0.2, -0.15) is 0 Å². The molecule has 0 bridgehead atoms. The Hall–Kier alpha value is -1.89. The van der Waals surface area contributed by atoms with Gasteiger partial charge in [0.05, 0.1) is 11.0 Å². The maximum atomic E-state index is 12.1. The van der Waals surface area contributed by atoms with Crippen molar-refractivity contribution in [1.29, 1.82) is 0 Å². The van der Waals surface area contributed by atoms with Crippen LogP contribution in [-0.4, -0.2) is 15.0 Å². The molecule has 1 aliphatic heterocycles. The summed E-state index contributed by atoms with van der Waals surface area (Å²) in [6, 6.07) is 2.80. The number of hydrogen-bond acceptors (Lipinski definition) is 3. The Balaban J connectivity index is 2.59. The number of aromatic nitrogens is 2. The highest BCUT2D eigenvalue weighted by Crippen LogP contribution is 2.32. The summed E-state index contributed by atoms with van der Waals surface area (Å²) < 4.78 is 3.31. The molecule has 3 rings (SSSR count). The molecule has 0 saturated carbocycles. The van der Waals surface area contributed by atoms with E-state index in [-0.39, 0.29) is 0 Å². The van der Waals surface area contributed by atoms with Gasteiger partial charge in [0.1, 0.15) is 6.04 Å². The molecule has 1 unspecified atom stereocenters. The molecule has 1 aliphatic rings. The number of nitrogens with two attached hydrogens (primary N) is 1. The third-order valence-corrected chi connectivity index (χ3v) is 3.95. The number of carbonyl (C=O) groups excluding carboxylic acids is 1. The SMILES string of the molecule is Cn1c(=O)c(=O)n2c3c(cc(Br)cc31)CC2C(N)=O. The number of aryl methyl sites for hydroxylation is 1. The molecule has 1 atom stereocenters. The molecule has 0 fully saturated rings. The number of carbonyl (C=O) groups is 1. The molecule has 6 nitrogen and oxygen atoms in total. The predicted octanol–water partition coefficient (Wildman–Crippen LogP) is 0.0452. The van der Waals surface area contributed by atoms with E-state index >= 15 is 0 Å². The molecule has 7 heteroatoms. The number of primary amides is 1. The highest BCUT2D eigenvalue weighted by molar-refractivity contribution is 9.10. The first-order valence-corrected chi connectivity index (χ1v) is 6.44. The van der Waals surface area contributed by atoms with Crippen LogP contribution in [0.5, 0.6) is 0 Å². The van der Waals surface area contributed by atoms with Crippen molar-refractivity contribution in [2.75, 3.05) is 0 Å². The highest BCUT2D eigenvalue weighted by Gasteiger charge is 2.31. The third-order valence-electron chi connectivity index (χ3n) is 3.50. The lowest BCUT2D eigenvalue weighted by Crippen LogP contribution is -2.43. The molecule has 2 aromatic rings. The van der Waals surface area contributed by atoms with Crippen molar-refractivity contribution in [2.24, 2.45) is 12.8 Å². The van der Waals surface area contributed by atoms with Gasteiger partial charge >= 0.3 is 11.1 Å². The quantitative estimate of drug-likeness (QED) is 0.752. The molecular weight excluding hydrogens is 314 g/mol. The Labute approximate surface area is 115 Å². The van der Waals surface area contributed by atoms with Crippen molar-refractivity contribution in [3.8, 4) is 0 Å². The monoisotopic (exact) mass is 323 g/mol. The molecule has 0 saturated heterocycles. The number of rotatable bonds is 1. The Morgan fingerprint density at radius 3 is 2.68 bits per heavy atom. The van der Waals surface area contributed by atoms with Crippen LogP contribution >= 0.6 is 15.9 Å². The van der Waals surface area contributed by atoms with Crippen LogP contribution in [0.2, 0.25) is 0 Å². The molecule has 0 radical (unpaired) electrons. The van der Waals surface area contributed by atoms with Crippen molar-refractivity contribution in [1.82, 2.24) is 9.13 Å². The smallest absolute Gasteiger partial charge is 0.317 e. The first-order valence-electron chi connectivity index (χ1n) is 5.65. The number of amides is 1. The lowest BCUT2D eigenvalue weighted by Gasteiger charge is -2.12. The Morgan fingerprint density at radius 1 is 1.37 bits per heavy atom. The lowest BCUT2D eigenvalue weighted by molar-refractivity contribution is -0.120. The van der Waals surface area contributed by atoms with Crippen LogP contribution in [0, 0.1) is 0 Å². The van der Waals surface area contributed by atoms with E-state index in [1.54, 1.807) is 6.07 Å². The summed E-state index contributed by atoms with van der Waals surface area (Å²) in [7, 11) is 1.54. The number of nitrogens with zero attached hydrogens (tertiary/aromatic N) is 2. The lowest BCUT2D eigenvalue weighted by atomic mass is 10.1. The van der Waals surface area contributed by atoms with E-state index in [2.05, 4.69) is 15.9 Å². The van der Waals surface area contributed by atoms with Crippen LogP contribution < -0.4 is 16.9 Å². The third kappa shape index (κ3) is 1.51. The van der Waals surface area contributed by atoms with E-state index in [1.165, 1.54) is 16.2 Å². The van der Waals surface area contributed by atoms with Gasteiger partial charge in [-0.3, -0.25) is 19.0 Å². The van der Waals surface area contributed by atoms with E-state index in [0.717, 1.165) is 10.0 Å². The molecule has 98 valence electrons. The van der Waals surface area contributed by atoms with Crippen LogP contribution in [0.4, 0.5) is 0 Å². The van der Waals surface area contributed by atoms with E-state index in [4.69, 9.17) is 5.73 Å². The number of halogens is 1. The molecule has 19 heavy (non-hydrogen) atoms. The molecule has 1 aromatic carbocycles. The summed E-state index contributed by atoms with van der Waals surface area (Å²) in [5.74, 6) is -0.607. The van der Waals surface area contributed by atoms with Crippen molar-refractivity contribution < 1.29 is 4.79 Å².